The SMILES string of the molecule is CN1/C(=N\S(C)(=O)=O)C(C)(C)C(C)(C)c2ccccc21. The van der Waals surface area contributed by atoms with Crippen molar-refractivity contribution < 1.29 is 8.42 Å². The molecule has 0 fully saturated rings. The number of anilines is 1. The zero-order chi connectivity index (χ0) is 15.3. The van der Waals surface area contributed by atoms with E-state index in [0.29, 0.717) is 5.84 Å². The van der Waals surface area contributed by atoms with Gasteiger partial charge in [0.05, 0.1) is 6.26 Å². The van der Waals surface area contributed by atoms with Crippen molar-refractivity contribution in [2.24, 2.45) is 9.81 Å². The summed E-state index contributed by atoms with van der Waals surface area (Å²) in [4.78, 5) is 1.89. The number of fused-ring (bicyclic) bond motifs is 1. The molecule has 1 aromatic rings. The largest absolute Gasteiger partial charge is 0.332 e. The molecular formula is C15H22N2O2S. The summed E-state index contributed by atoms with van der Waals surface area (Å²) in [6.45, 7) is 8.36. The van der Waals surface area contributed by atoms with Gasteiger partial charge in [0.25, 0.3) is 10.0 Å². The van der Waals surface area contributed by atoms with Gasteiger partial charge in [0.15, 0.2) is 0 Å². The minimum Gasteiger partial charge on any atom is -0.332 e. The van der Waals surface area contributed by atoms with Crippen LogP contribution in [0.25, 0.3) is 0 Å². The third kappa shape index (κ3) is 2.14. The Bertz CT molecular complexity index is 673. The molecule has 0 N–H and O–H groups in total. The van der Waals surface area contributed by atoms with Crippen LogP contribution in [-0.4, -0.2) is 27.6 Å². The number of sulfonamides is 1. The molecule has 0 spiro atoms. The topological polar surface area (TPSA) is 49.7 Å². The lowest BCUT2D eigenvalue weighted by atomic mass is 9.60. The first-order valence-electron chi connectivity index (χ1n) is 6.62. The molecule has 5 heteroatoms. The fourth-order valence-corrected chi connectivity index (χ4v) is 3.44. The highest BCUT2D eigenvalue weighted by Crippen LogP contribution is 2.50. The van der Waals surface area contributed by atoms with Gasteiger partial charge < -0.3 is 4.90 Å². The van der Waals surface area contributed by atoms with Gasteiger partial charge in [-0.15, -0.1) is 4.40 Å². The minimum atomic E-state index is -3.43. The molecule has 1 aliphatic heterocycles. The van der Waals surface area contributed by atoms with E-state index in [1.54, 1.807) is 0 Å². The number of benzene rings is 1. The van der Waals surface area contributed by atoms with Gasteiger partial charge in [-0.1, -0.05) is 45.9 Å². The molecule has 110 valence electrons. The lowest BCUT2D eigenvalue weighted by molar-refractivity contribution is 0.285. The van der Waals surface area contributed by atoms with Crippen molar-refractivity contribution in [3.8, 4) is 0 Å². The Balaban J connectivity index is 2.80. The third-order valence-corrected chi connectivity index (χ3v) is 5.13. The summed E-state index contributed by atoms with van der Waals surface area (Å²) in [7, 11) is -1.56. The molecule has 0 aromatic heterocycles. The van der Waals surface area contributed by atoms with Crippen LogP contribution in [0.5, 0.6) is 0 Å². The molecule has 20 heavy (non-hydrogen) atoms. The van der Waals surface area contributed by atoms with Crippen molar-refractivity contribution in [1.82, 2.24) is 0 Å². The second-order valence-corrected chi connectivity index (χ2v) is 8.12. The molecule has 0 bridgehead atoms. The van der Waals surface area contributed by atoms with Crippen LogP contribution in [0.4, 0.5) is 5.69 Å². The zero-order valence-electron chi connectivity index (χ0n) is 12.9. The molecule has 0 saturated heterocycles. The molecule has 1 aliphatic rings. The van der Waals surface area contributed by atoms with Gasteiger partial charge in [0.2, 0.25) is 0 Å². The van der Waals surface area contributed by atoms with Crippen LogP contribution in [0.15, 0.2) is 28.7 Å². The Labute approximate surface area is 121 Å². The fourth-order valence-electron chi connectivity index (χ4n) is 2.78. The van der Waals surface area contributed by atoms with E-state index in [9.17, 15) is 8.42 Å². The van der Waals surface area contributed by atoms with E-state index in [1.165, 1.54) is 5.56 Å². The molecule has 1 heterocycles. The fraction of sp³-hybridized carbons (Fsp3) is 0.533. The molecule has 0 radical (unpaired) electrons. The van der Waals surface area contributed by atoms with E-state index >= 15 is 0 Å². The second kappa shape index (κ2) is 4.32. The predicted molar refractivity (Wildman–Crippen MR) is 83.9 cm³/mol. The molecule has 1 aromatic carbocycles. The first-order valence-corrected chi connectivity index (χ1v) is 8.47. The highest BCUT2D eigenvalue weighted by molar-refractivity contribution is 7.89. The number of hydrogen-bond acceptors (Lipinski definition) is 2. The number of amidine groups is 1. The van der Waals surface area contributed by atoms with Gasteiger partial charge in [0, 0.05) is 23.6 Å². The maximum Gasteiger partial charge on any atom is 0.251 e. The lowest BCUT2D eigenvalue weighted by Crippen LogP contribution is -2.54. The molecule has 0 saturated carbocycles. The molecule has 0 aliphatic carbocycles. The van der Waals surface area contributed by atoms with Crippen LogP contribution in [0.3, 0.4) is 0 Å². The summed E-state index contributed by atoms with van der Waals surface area (Å²) in [5, 5.41) is 0. The van der Waals surface area contributed by atoms with E-state index in [-0.39, 0.29) is 10.8 Å². The van der Waals surface area contributed by atoms with E-state index in [0.717, 1.165) is 11.9 Å². The number of rotatable bonds is 1. The standard InChI is InChI=1S/C15H22N2O2S/c1-14(2)11-9-7-8-10-12(11)17(5)13(15(14,3)4)16-20(6,18)19/h7-10H,1-6H3/b16-13-. The Kier molecular flexibility index (Phi) is 3.25. The Morgan fingerprint density at radius 1 is 1.05 bits per heavy atom. The van der Waals surface area contributed by atoms with Crippen molar-refractivity contribution in [2.75, 3.05) is 18.2 Å². The van der Waals surface area contributed by atoms with Crippen LogP contribution in [-0.2, 0) is 15.4 Å². The van der Waals surface area contributed by atoms with Crippen LogP contribution in [0.1, 0.15) is 33.3 Å². The first kappa shape index (κ1) is 15.0. The summed E-state index contributed by atoms with van der Waals surface area (Å²) >= 11 is 0. The molecule has 4 nitrogen and oxygen atoms in total. The van der Waals surface area contributed by atoms with Crippen molar-refractivity contribution in [3.05, 3.63) is 29.8 Å². The average molecular weight is 294 g/mol. The van der Waals surface area contributed by atoms with Gasteiger partial charge >= 0.3 is 0 Å². The van der Waals surface area contributed by atoms with E-state index in [4.69, 9.17) is 0 Å². The van der Waals surface area contributed by atoms with Gasteiger partial charge in [-0.2, -0.15) is 0 Å². The summed E-state index contributed by atoms with van der Waals surface area (Å²) in [6.07, 6.45) is 1.14. The van der Waals surface area contributed by atoms with Crippen molar-refractivity contribution in [2.45, 2.75) is 33.1 Å². The lowest BCUT2D eigenvalue weighted by Gasteiger charge is -2.51. The number of hydrogen-bond donors (Lipinski definition) is 0. The molecular weight excluding hydrogens is 272 g/mol. The first-order chi connectivity index (χ1) is 8.98. The van der Waals surface area contributed by atoms with Crippen molar-refractivity contribution >= 4 is 21.5 Å². The highest BCUT2D eigenvalue weighted by atomic mass is 32.2. The molecule has 0 unspecified atom stereocenters. The smallest absolute Gasteiger partial charge is 0.251 e. The van der Waals surface area contributed by atoms with Gasteiger partial charge in [-0.05, 0) is 11.6 Å². The van der Waals surface area contributed by atoms with E-state index in [2.05, 4.69) is 24.3 Å². The van der Waals surface area contributed by atoms with Crippen molar-refractivity contribution in [1.29, 1.82) is 0 Å². The minimum absolute atomic E-state index is 0.209. The summed E-state index contributed by atoms with van der Waals surface area (Å²) in [5.41, 5.74) is 1.62. The molecule has 0 amide bonds. The average Bonchev–Trinajstić information content (AvgIpc) is 2.32. The van der Waals surface area contributed by atoms with Gasteiger partial charge in [0.1, 0.15) is 5.84 Å². The molecule has 0 atom stereocenters. The Morgan fingerprint density at radius 2 is 1.60 bits per heavy atom. The monoisotopic (exact) mass is 294 g/mol. The maximum atomic E-state index is 11.6. The van der Waals surface area contributed by atoms with Crippen LogP contribution in [0.2, 0.25) is 0 Å². The van der Waals surface area contributed by atoms with Crippen molar-refractivity contribution in [3.63, 3.8) is 0 Å². The summed E-state index contributed by atoms with van der Waals surface area (Å²) < 4.78 is 27.3. The quantitative estimate of drug-likeness (QED) is 0.800. The summed E-state index contributed by atoms with van der Waals surface area (Å²) in [5.74, 6) is 0.587. The van der Waals surface area contributed by atoms with Crippen LogP contribution in [0, 0.1) is 5.41 Å². The van der Waals surface area contributed by atoms with Gasteiger partial charge in [-0.3, -0.25) is 0 Å². The Hall–Kier alpha value is -1.36. The molecule has 2 rings (SSSR count). The summed E-state index contributed by atoms with van der Waals surface area (Å²) in [6, 6.07) is 8.08. The third-order valence-electron chi connectivity index (χ3n) is 4.63. The Morgan fingerprint density at radius 3 is 2.15 bits per heavy atom. The predicted octanol–water partition coefficient (Wildman–Crippen LogP) is 2.80. The van der Waals surface area contributed by atoms with Crippen LogP contribution >= 0.6 is 0 Å². The highest BCUT2D eigenvalue weighted by Gasteiger charge is 2.49. The van der Waals surface area contributed by atoms with Gasteiger partial charge in [-0.25, -0.2) is 8.42 Å². The maximum absolute atomic E-state index is 11.6. The zero-order valence-corrected chi connectivity index (χ0v) is 13.7. The number of para-hydroxylation sites is 1. The van der Waals surface area contributed by atoms with E-state index in [1.807, 2.05) is 44.0 Å². The van der Waals surface area contributed by atoms with Crippen LogP contribution < -0.4 is 4.90 Å². The number of nitrogens with zero attached hydrogens (tertiary/aromatic N) is 2. The normalized spacial score (nSPS) is 22.7. The van der Waals surface area contributed by atoms with E-state index < -0.39 is 10.0 Å². The second-order valence-electron chi connectivity index (χ2n) is 6.47.